The summed E-state index contributed by atoms with van der Waals surface area (Å²) in [6, 6.07) is 0. The molecule has 8 nitrogen and oxygen atoms in total. The molecule has 11 heteroatoms. The average Bonchev–Trinajstić information content (AvgIpc) is 2.54. The average molecular weight is 360 g/mol. The number of amides is 2. The van der Waals surface area contributed by atoms with Crippen molar-refractivity contribution in [2.75, 3.05) is 31.9 Å². The highest BCUT2D eigenvalue weighted by Crippen LogP contribution is 2.30. The van der Waals surface area contributed by atoms with E-state index in [0.717, 1.165) is 25.6 Å². The molecule has 2 rings (SSSR count). The number of primary amides is 1. The molecular formula is C14H19F3N6O2. The van der Waals surface area contributed by atoms with Crippen LogP contribution >= 0.6 is 0 Å². The summed E-state index contributed by atoms with van der Waals surface area (Å²) < 4.78 is 38.8. The van der Waals surface area contributed by atoms with Gasteiger partial charge in [-0.2, -0.15) is 13.2 Å². The van der Waals surface area contributed by atoms with Gasteiger partial charge >= 0.3 is 6.18 Å². The van der Waals surface area contributed by atoms with Crippen LogP contribution in [0, 0.1) is 5.92 Å². The van der Waals surface area contributed by atoms with Crippen molar-refractivity contribution in [2.24, 2.45) is 11.7 Å². The van der Waals surface area contributed by atoms with Gasteiger partial charge in [0.25, 0.3) is 5.91 Å². The standard InChI is InChI=1S/C14H19F3N6O2/c15-14(16,17)10-9(6-21-13(19)22-10)12(25)20-3-5-23-4-1-2-8(7-23)11(18)24/h6,8H,1-5,7H2,(H2,18,24)(H,20,25)(H2,19,21,22)/t8-/m1/s1. The number of piperidine rings is 1. The molecule has 0 spiro atoms. The number of rotatable bonds is 5. The molecule has 5 N–H and O–H groups in total. The molecule has 2 amide bonds. The summed E-state index contributed by atoms with van der Waals surface area (Å²) in [6.45, 7) is 1.72. The van der Waals surface area contributed by atoms with E-state index in [0.29, 0.717) is 13.1 Å². The van der Waals surface area contributed by atoms with Crippen molar-refractivity contribution in [1.29, 1.82) is 0 Å². The van der Waals surface area contributed by atoms with E-state index in [4.69, 9.17) is 11.5 Å². The fourth-order valence-electron chi connectivity index (χ4n) is 2.69. The lowest BCUT2D eigenvalue weighted by Gasteiger charge is -2.31. The molecule has 1 aromatic heterocycles. The maximum absolute atomic E-state index is 12.9. The van der Waals surface area contributed by atoms with E-state index in [9.17, 15) is 22.8 Å². The Hall–Kier alpha value is -2.43. The van der Waals surface area contributed by atoms with Crippen LogP contribution in [0.1, 0.15) is 28.9 Å². The van der Waals surface area contributed by atoms with Gasteiger partial charge in [-0.15, -0.1) is 0 Å². The Kier molecular flexibility index (Phi) is 5.77. The molecule has 1 aliphatic heterocycles. The number of hydrogen-bond donors (Lipinski definition) is 3. The molecular weight excluding hydrogens is 341 g/mol. The first-order chi connectivity index (χ1) is 11.7. The van der Waals surface area contributed by atoms with Crippen molar-refractivity contribution in [3.05, 3.63) is 17.5 Å². The number of aromatic nitrogens is 2. The molecule has 0 radical (unpaired) electrons. The zero-order chi connectivity index (χ0) is 18.6. The van der Waals surface area contributed by atoms with E-state index in [2.05, 4.69) is 15.3 Å². The van der Waals surface area contributed by atoms with E-state index >= 15 is 0 Å². The van der Waals surface area contributed by atoms with Gasteiger partial charge in [0.2, 0.25) is 11.9 Å². The molecule has 2 heterocycles. The molecule has 1 fully saturated rings. The van der Waals surface area contributed by atoms with Gasteiger partial charge in [0.1, 0.15) is 0 Å². The number of nitrogen functional groups attached to an aromatic ring is 1. The molecule has 1 atom stereocenters. The number of anilines is 1. The summed E-state index contributed by atoms with van der Waals surface area (Å²) in [6.07, 6.45) is -2.54. The third-order valence-corrected chi connectivity index (χ3v) is 3.94. The molecule has 25 heavy (non-hydrogen) atoms. The smallest absolute Gasteiger partial charge is 0.369 e. The highest BCUT2D eigenvalue weighted by molar-refractivity contribution is 5.95. The van der Waals surface area contributed by atoms with E-state index in [-0.39, 0.29) is 18.4 Å². The molecule has 0 aliphatic carbocycles. The topological polar surface area (TPSA) is 127 Å². The minimum absolute atomic E-state index is 0.117. The van der Waals surface area contributed by atoms with Crippen LogP contribution in [-0.4, -0.2) is 52.9 Å². The Balaban J connectivity index is 1.94. The van der Waals surface area contributed by atoms with E-state index in [1.165, 1.54) is 0 Å². The predicted octanol–water partition coefficient (Wildman–Crippen LogP) is 0.00470. The largest absolute Gasteiger partial charge is 0.434 e. The van der Waals surface area contributed by atoms with E-state index < -0.39 is 29.3 Å². The van der Waals surface area contributed by atoms with Crippen LogP contribution in [0.5, 0.6) is 0 Å². The Bertz CT molecular complexity index is 652. The minimum atomic E-state index is -4.81. The van der Waals surface area contributed by atoms with Crippen molar-refractivity contribution in [3.63, 3.8) is 0 Å². The summed E-state index contributed by atoms with van der Waals surface area (Å²) >= 11 is 0. The van der Waals surface area contributed by atoms with Gasteiger partial charge in [0.05, 0.1) is 11.5 Å². The maximum Gasteiger partial charge on any atom is 0.434 e. The van der Waals surface area contributed by atoms with Crippen molar-refractivity contribution < 1.29 is 22.8 Å². The molecule has 0 aromatic carbocycles. The Morgan fingerprint density at radius 1 is 1.40 bits per heavy atom. The first kappa shape index (κ1) is 18.9. The second kappa shape index (κ2) is 7.64. The normalized spacial score (nSPS) is 18.8. The molecule has 0 bridgehead atoms. The van der Waals surface area contributed by atoms with Gasteiger partial charge in [-0.3, -0.25) is 9.59 Å². The van der Waals surface area contributed by atoms with Crippen molar-refractivity contribution in [2.45, 2.75) is 19.0 Å². The first-order valence-corrected chi connectivity index (χ1v) is 7.68. The highest BCUT2D eigenvalue weighted by Gasteiger charge is 2.38. The number of carbonyl (C=O) groups is 2. The van der Waals surface area contributed by atoms with Crippen LogP contribution in [0.15, 0.2) is 6.20 Å². The molecule has 1 aromatic rings. The SMILES string of the molecule is NC(=O)[C@@H]1CCCN(CCNC(=O)c2cnc(N)nc2C(F)(F)F)C1. The van der Waals surface area contributed by atoms with Crippen LogP contribution in [0.4, 0.5) is 19.1 Å². The van der Waals surface area contributed by atoms with Crippen molar-refractivity contribution in [3.8, 4) is 0 Å². The number of nitrogens with two attached hydrogens (primary N) is 2. The van der Waals surface area contributed by atoms with Crippen LogP contribution in [0.2, 0.25) is 0 Å². The van der Waals surface area contributed by atoms with Crippen LogP contribution < -0.4 is 16.8 Å². The quantitative estimate of drug-likeness (QED) is 0.678. The Morgan fingerprint density at radius 3 is 2.76 bits per heavy atom. The third-order valence-electron chi connectivity index (χ3n) is 3.94. The van der Waals surface area contributed by atoms with E-state index in [1.807, 2.05) is 4.90 Å². The lowest BCUT2D eigenvalue weighted by Crippen LogP contribution is -2.44. The van der Waals surface area contributed by atoms with Crippen LogP contribution in [0.3, 0.4) is 0 Å². The second-order valence-electron chi connectivity index (χ2n) is 5.79. The number of halogens is 3. The van der Waals surface area contributed by atoms with Gasteiger partial charge in [0, 0.05) is 25.8 Å². The Labute approximate surface area is 141 Å². The lowest BCUT2D eigenvalue weighted by atomic mass is 9.97. The number of nitrogens with one attached hydrogen (secondary N) is 1. The van der Waals surface area contributed by atoms with Crippen molar-refractivity contribution in [1.82, 2.24) is 20.2 Å². The number of nitrogens with zero attached hydrogens (tertiary/aromatic N) is 3. The molecule has 0 saturated carbocycles. The van der Waals surface area contributed by atoms with Gasteiger partial charge < -0.3 is 21.7 Å². The number of likely N-dealkylation sites (tertiary alicyclic amines) is 1. The highest BCUT2D eigenvalue weighted by atomic mass is 19.4. The number of hydrogen-bond acceptors (Lipinski definition) is 6. The Morgan fingerprint density at radius 2 is 2.12 bits per heavy atom. The van der Waals surface area contributed by atoms with Crippen LogP contribution in [0.25, 0.3) is 0 Å². The summed E-state index contributed by atoms with van der Waals surface area (Å²) in [5, 5.41) is 2.40. The summed E-state index contributed by atoms with van der Waals surface area (Å²) in [5.74, 6) is -2.11. The molecule has 1 aliphatic rings. The first-order valence-electron chi connectivity index (χ1n) is 7.68. The predicted molar refractivity (Wildman–Crippen MR) is 82.1 cm³/mol. The monoisotopic (exact) mass is 360 g/mol. The fourth-order valence-corrected chi connectivity index (χ4v) is 2.69. The van der Waals surface area contributed by atoms with Gasteiger partial charge in [0.15, 0.2) is 5.69 Å². The zero-order valence-electron chi connectivity index (χ0n) is 13.3. The molecule has 1 saturated heterocycles. The fraction of sp³-hybridized carbons (Fsp3) is 0.571. The summed E-state index contributed by atoms with van der Waals surface area (Å²) in [7, 11) is 0. The lowest BCUT2D eigenvalue weighted by molar-refractivity contribution is -0.141. The van der Waals surface area contributed by atoms with Crippen molar-refractivity contribution >= 4 is 17.8 Å². The number of carbonyl (C=O) groups excluding carboxylic acids is 2. The molecule has 0 unspecified atom stereocenters. The van der Waals surface area contributed by atoms with Crippen LogP contribution in [-0.2, 0) is 11.0 Å². The maximum atomic E-state index is 12.9. The second-order valence-corrected chi connectivity index (χ2v) is 5.79. The van der Waals surface area contributed by atoms with Gasteiger partial charge in [-0.1, -0.05) is 0 Å². The van der Waals surface area contributed by atoms with Gasteiger partial charge in [-0.05, 0) is 19.4 Å². The van der Waals surface area contributed by atoms with E-state index in [1.54, 1.807) is 0 Å². The summed E-state index contributed by atoms with van der Waals surface area (Å²) in [4.78, 5) is 31.7. The third kappa shape index (κ3) is 5.02. The molecule has 138 valence electrons. The van der Waals surface area contributed by atoms with Gasteiger partial charge in [-0.25, -0.2) is 9.97 Å². The minimum Gasteiger partial charge on any atom is -0.369 e. The number of alkyl halides is 3. The summed E-state index contributed by atoms with van der Waals surface area (Å²) in [5.41, 5.74) is 8.39. The zero-order valence-corrected chi connectivity index (χ0v) is 13.3.